The minimum absolute atomic E-state index is 0.0323. The van der Waals surface area contributed by atoms with E-state index in [2.05, 4.69) is 59.0 Å². The first-order valence-corrected chi connectivity index (χ1v) is 15.8. The summed E-state index contributed by atoms with van der Waals surface area (Å²) in [6, 6.07) is 2.20. The molecule has 0 heterocycles. The Morgan fingerprint density at radius 1 is 1.02 bits per heavy atom. The zero-order chi connectivity index (χ0) is 29.3. The van der Waals surface area contributed by atoms with Gasteiger partial charge < -0.3 is 10.1 Å². The van der Waals surface area contributed by atoms with Gasteiger partial charge in [-0.2, -0.15) is 5.26 Å². The fraction of sp³-hybridized carbons (Fsp3) is 0.771. The van der Waals surface area contributed by atoms with Crippen LogP contribution in [0.3, 0.4) is 0 Å². The van der Waals surface area contributed by atoms with Gasteiger partial charge in [-0.25, -0.2) is 0 Å². The molecule has 2 unspecified atom stereocenters. The summed E-state index contributed by atoms with van der Waals surface area (Å²) in [6.07, 6.45) is 15.0. The highest BCUT2D eigenvalue weighted by molar-refractivity contribution is 6.02. The molecule has 4 fully saturated rings. The van der Waals surface area contributed by atoms with Crippen LogP contribution in [0.5, 0.6) is 0 Å². The first kappa shape index (κ1) is 29.3. The molecule has 0 aromatic rings. The molecule has 5 heteroatoms. The van der Waals surface area contributed by atoms with Crippen molar-refractivity contribution in [2.24, 2.45) is 51.2 Å². The number of hydrogen-bond acceptors (Lipinski definition) is 4. The van der Waals surface area contributed by atoms with E-state index in [0.717, 1.165) is 64.2 Å². The standard InChI is InChI=1S/C35H50N2O3/c1-8-28-32(5)18-24(20-36)29(39)22(2)25(32)12-13-34(28,7)33(6)15-17-35(37-30(40)23-10-9-11-23)16-14-31(3,4)19-26(35)27(33)21-38/h8,18,21-23,25-27H,9-17,19H2,1-7H3,(H,37,40)/b28-8-/t22-,25-,26?,27?,32-,33+,34+,35-/m0/s1. The van der Waals surface area contributed by atoms with Crippen molar-refractivity contribution in [1.29, 1.82) is 5.26 Å². The highest BCUT2D eigenvalue weighted by Crippen LogP contribution is 2.70. The number of Topliss-reactive ketones (excluding diaryl/α,β-unsaturated/α-hetero) is 1. The maximum absolute atomic E-state index is 13.4. The molecule has 4 saturated carbocycles. The monoisotopic (exact) mass is 546 g/mol. The van der Waals surface area contributed by atoms with Crippen molar-refractivity contribution < 1.29 is 14.4 Å². The second kappa shape index (κ2) is 9.67. The number of amides is 1. The molecule has 5 rings (SSSR count). The van der Waals surface area contributed by atoms with Crippen LogP contribution in [0, 0.1) is 62.6 Å². The topological polar surface area (TPSA) is 87.0 Å². The number of aldehydes is 1. The van der Waals surface area contributed by atoms with Gasteiger partial charge in [-0.3, -0.25) is 9.59 Å². The minimum Gasteiger partial charge on any atom is -0.350 e. The average Bonchev–Trinajstić information content (AvgIpc) is 2.85. The molecule has 0 radical (unpaired) electrons. The molecule has 218 valence electrons. The summed E-state index contributed by atoms with van der Waals surface area (Å²) >= 11 is 0. The van der Waals surface area contributed by atoms with E-state index in [1.165, 1.54) is 11.9 Å². The van der Waals surface area contributed by atoms with Crippen LogP contribution in [0.25, 0.3) is 0 Å². The van der Waals surface area contributed by atoms with E-state index < -0.39 is 5.41 Å². The van der Waals surface area contributed by atoms with E-state index in [4.69, 9.17) is 0 Å². The Morgan fingerprint density at radius 2 is 1.70 bits per heavy atom. The van der Waals surface area contributed by atoms with Gasteiger partial charge in [-0.05, 0) is 92.8 Å². The molecule has 40 heavy (non-hydrogen) atoms. The van der Waals surface area contributed by atoms with Crippen LogP contribution in [0.2, 0.25) is 0 Å². The maximum atomic E-state index is 13.4. The summed E-state index contributed by atoms with van der Waals surface area (Å²) in [5, 5.41) is 13.5. The molecule has 0 bridgehead atoms. The molecular weight excluding hydrogens is 496 g/mol. The molecule has 5 aliphatic rings. The van der Waals surface area contributed by atoms with Crippen LogP contribution in [0.15, 0.2) is 23.3 Å². The highest BCUT2D eigenvalue weighted by Gasteiger charge is 2.66. The molecule has 1 N–H and O–H groups in total. The number of nitrogens with zero attached hydrogens (tertiary/aromatic N) is 1. The van der Waals surface area contributed by atoms with E-state index in [1.807, 2.05) is 13.0 Å². The normalized spacial score (nSPS) is 45.8. The Hall–Kier alpha value is -2.22. The molecule has 5 nitrogen and oxygen atoms in total. The smallest absolute Gasteiger partial charge is 0.223 e. The third-order valence-electron chi connectivity index (χ3n) is 13.3. The molecule has 8 atom stereocenters. The summed E-state index contributed by atoms with van der Waals surface area (Å²) in [5.41, 5.74) is 0.365. The van der Waals surface area contributed by atoms with Crippen molar-refractivity contribution in [3.63, 3.8) is 0 Å². The number of carbonyl (C=O) groups excluding carboxylic acids is 3. The van der Waals surface area contributed by atoms with Crippen LogP contribution in [0.1, 0.15) is 113 Å². The van der Waals surface area contributed by atoms with E-state index in [1.54, 1.807) is 0 Å². The van der Waals surface area contributed by atoms with Crippen molar-refractivity contribution >= 4 is 18.0 Å². The van der Waals surface area contributed by atoms with Gasteiger partial charge in [0.15, 0.2) is 5.78 Å². The molecule has 0 aromatic heterocycles. The van der Waals surface area contributed by atoms with Gasteiger partial charge in [0.25, 0.3) is 0 Å². The zero-order valence-corrected chi connectivity index (χ0v) is 25.9. The van der Waals surface area contributed by atoms with Gasteiger partial charge in [0, 0.05) is 28.7 Å². The number of nitrogens with one attached hydrogen (secondary N) is 1. The molecule has 1 amide bonds. The lowest BCUT2D eigenvalue weighted by Crippen LogP contribution is -2.68. The Balaban J connectivity index is 1.58. The van der Waals surface area contributed by atoms with Crippen molar-refractivity contribution in [1.82, 2.24) is 5.32 Å². The van der Waals surface area contributed by atoms with E-state index in [9.17, 15) is 19.6 Å². The number of allylic oxidation sites excluding steroid dienone is 4. The molecule has 0 spiro atoms. The second-order valence-corrected chi connectivity index (χ2v) is 15.6. The van der Waals surface area contributed by atoms with Gasteiger partial charge in [0.1, 0.15) is 12.4 Å². The summed E-state index contributed by atoms with van der Waals surface area (Å²) in [5.74, 6) is 0.153. The number of carbonyl (C=O) groups is 3. The number of fused-ring (bicyclic) bond motifs is 2. The SMILES string of the molecule is C/C=C1/[C@@]2(C)C=C(C#N)C(=O)[C@@H](C)[C@@H]2CC[C@@]1(C)[C@]1(C)CC[C@@]2(NC(=O)C3CCC3)CCC(C)(C)CC2C1C=O. The Bertz CT molecular complexity index is 1200. The average molecular weight is 547 g/mol. The number of rotatable bonds is 4. The highest BCUT2D eigenvalue weighted by atomic mass is 16.2. The van der Waals surface area contributed by atoms with E-state index in [-0.39, 0.29) is 68.6 Å². The van der Waals surface area contributed by atoms with Gasteiger partial charge in [-0.15, -0.1) is 0 Å². The van der Waals surface area contributed by atoms with Crippen molar-refractivity contribution in [3.8, 4) is 6.07 Å². The second-order valence-electron chi connectivity index (χ2n) is 15.6. The fourth-order valence-electron chi connectivity index (χ4n) is 10.4. The molecule has 0 aliphatic heterocycles. The number of ketones is 1. The summed E-state index contributed by atoms with van der Waals surface area (Å²) in [4.78, 5) is 39.7. The lowest BCUT2D eigenvalue weighted by molar-refractivity contribution is -0.154. The van der Waals surface area contributed by atoms with Crippen LogP contribution in [0.4, 0.5) is 0 Å². The predicted molar refractivity (Wildman–Crippen MR) is 157 cm³/mol. The first-order chi connectivity index (χ1) is 18.7. The summed E-state index contributed by atoms with van der Waals surface area (Å²) < 4.78 is 0. The zero-order valence-electron chi connectivity index (χ0n) is 25.9. The van der Waals surface area contributed by atoms with Gasteiger partial charge in [0.2, 0.25) is 5.91 Å². The van der Waals surface area contributed by atoms with Crippen LogP contribution >= 0.6 is 0 Å². The molecule has 0 aromatic carbocycles. The van der Waals surface area contributed by atoms with Gasteiger partial charge in [0.05, 0.1) is 5.57 Å². The third-order valence-corrected chi connectivity index (χ3v) is 13.3. The summed E-state index contributed by atoms with van der Waals surface area (Å²) in [7, 11) is 0. The summed E-state index contributed by atoms with van der Waals surface area (Å²) in [6.45, 7) is 15.6. The van der Waals surface area contributed by atoms with Crippen LogP contribution in [-0.4, -0.2) is 23.5 Å². The lowest BCUT2D eigenvalue weighted by atomic mass is 9.38. The van der Waals surface area contributed by atoms with Gasteiger partial charge >= 0.3 is 0 Å². The molecule has 5 aliphatic carbocycles. The Kier molecular flexibility index (Phi) is 7.08. The van der Waals surface area contributed by atoms with Crippen molar-refractivity contribution in [2.45, 2.75) is 118 Å². The maximum Gasteiger partial charge on any atom is 0.223 e. The molecule has 0 saturated heterocycles. The Morgan fingerprint density at radius 3 is 2.27 bits per heavy atom. The van der Waals surface area contributed by atoms with E-state index in [0.29, 0.717) is 0 Å². The quantitative estimate of drug-likeness (QED) is 0.300. The first-order valence-electron chi connectivity index (χ1n) is 15.8. The number of hydrogen-bond donors (Lipinski definition) is 1. The van der Waals surface area contributed by atoms with Crippen LogP contribution < -0.4 is 5.32 Å². The largest absolute Gasteiger partial charge is 0.350 e. The van der Waals surface area contributed by atoms with Gasteiger partial charge in [-0.1, -0.05) is 65.7 Å². The van der Waals surface area contributed by atoms with Crippen LogP contribution in [-0.2, 0) is 14.4 Å². The fourth-order valence-corrected chi connectivity index (χ4v) is 10.4. The van der Waals surface area contributed by atoms with Crippen molar-refractivity contribution in [2.75, 3.05) is 0 Å². The predicted octanol–water partition coefficient (Wildman–Crippen LogP) is 7.12. The minimum atomic E-state index is -0.407. The third kappa shape index (κ3) is 4.02. The molecular formula is C35H50N2O3. The lowest BCUT2D eigenvalue weighted by Gasteiger charge is -2.66. The van der Waals surface area contributed by atoms with E-state index >= 15 is 0 Å². The number of nitriles is 1. The Labute approximate surface area is 241 Å². The van der Waals surface area contributed by atoms with Crippen molar-refractivity contribution in [3.05, 3.63) is 23.3 Å².